The molecule has 1 aliphatic heterocycles. The molecule has 2 aromatic rings. The Morgan fingerprint density at radius 1 is 1.29 bits per heavy atom. The van der Waals surface area contributed by atoms with Gasteiger partial charge in [0, 0.05) is 50.8 Å². The molecule has 8 nitrogen and oxygen atoms in total. The highest BCUT2D eigenvalue weighted by molar-refractivity contribution is 5.77. The summed E-state index contributed by atoms with van der Waals surface area (Å²) in [5.74, 6) is 1.30. The molecule has 4 rings (SSSR count). The zero-order valence-electron chi connectivity index (χ0n) is 21.2. The van der Waals surface area contributed by atoms with Gasteiger partial charge in [-0.05, 0) is 57.4 Å². The van der Waals surface area contributed by atoms with Crippen LogP contribution in [-0.4, -0.2) is 63.4 Å². The Kier molecular flexibility index (Phi) is 8.36. The molecule has 192 valence electrons. The van der Waals surface area contributed by atoms with Gasteiger partial charge in [0.25, 0.3) is 0 Å². The fraction of sp³-hybridized carbons (Fsp3) is 0.692. The minimum atomic E-state index is -1.17. The third-order valence-corrected chi connectivity index (χ3v) is 7.30. The van der Waals surface area contributed by atoms with Gasteiger partial charge >= 0.3 is 0 Å². The molecule has 2 aromatic heterocycles. The molecule has 0 radical (unpaired) electrons. The van der Waals surface area contributed by atoms with Crippen molar-refractivity contribution in [3.8, 4) is 5.88 Å². The maximum absolute atomic E-state index is 15.6. The Balaban J connectivity index is 1.20. The number of halogens is 1. The van der Waals surface area contributed by atoms with Crippen LogP contribution < -0.4 is 10.1 Å². The van der Waals surface area contributed by atoms with Crippen molar-refractivity contribution in [2.45, 2.75) is 96.4 Å². The number of pyridine rings is 1. The molecule has 1 aliphatic carbocycles. The number of fused-ring (bicyclic) bond motifs is 1. The number of ether oxygens (including phenoxy) is 1. The van der Waals surface area contributed by atoms with Gasteiger partial charge in [0.15, 0.2) is 0 Å². The Bertz CT molecular complexity index is 989. The van der Waals surface area contributed by atoms with E-state index in [0.29, 0.717) is 49.8 Å². The summed E-state index contributed by atoms with van der Waals surface area (Å²) >= 11 is 0. The van der Waals surface area contributed by atoms with E-state index in [0.717, 1.165) is 44.6 Å². The number of hydrogen-bond acceptors (Lipinski definition) is 7. The van der Waals surface area contributed by atoms with Gasteiger partial charge in [-0.15, -0.1) is 10.2 Å². The molecule has 0 unspecified atom stereocenters. The van der Waals surface area contributed by atoms with Crippen LogP contribution in [0.15, 0.2) is 16.5 Å². The summed E-state index contributed by atoms with van der Waals surface area (Å²) in [5, 5.41) is 10.6. The molecule has 1 fully saturated rings. The van der Waals surface area contributed by atoms with E-state index in [1.54, 1.807) is 6.92 Å². The van der Waals surface area contributed by atoms with E-state index >= 15 is 4.39 Å². The second-order valence-corrected chi connectivity index (χ2v) is 10.1. The molecule has 1 atom stereocenters. The molecular formula is C26H38FN5O3. The molecule has 9 heteroatoms. The van der Waals surface area contributed by atoms with E-state index in [9.17, 15) is 4.79 Å². The van der Waals surface area contributed by atoms with Crippen LogP contribution in [0, 0.1) is 6.92 Å². The van der Waals surface area contributed by atoms with Crippen molar-refractivity contribution in [1.82, 2.24) is 25.4 Å². The first-order chi connectivity index (χ1) is 16.8. The van der Waals surface area contributed by atoms with Crippen molar-refractivity contribution in [1.29, 1.82) is 0 Å². The fourth-order valence-electron chi connectivity index (χ4n) is 4.90. The molecule has 0 spiro atoms. The topological polar surface area (TPSA) is 93.4 Å². The lowest BCUT2D eigenvalue weighted by Crippen LogP contribution is -2.43. The van der Waals surface area contributed by atoms with Crippen molar-refractivity contribution in [2.75, 3.05) is 19.6 Å². The summed E-state index contributed by atoms with van der Waals surface area (Å²) in [6.45, 7) is 8.40. The first-order valence-corrected chi connectivity index (χ1v) is 13.0. The number of nitrogens with one attached hydrogen (secondary N) is 1. The number of amides is 1. The van der Waals surface area contributed by atoms with Crippen molar-refractivity contribution >= 4 is 5.91 Å². The van der Waals surface area contributed by atoms with E-state index in [1.807, 2.05) is 6.07 Å². The lowest BCUT2D eigenvalue weighted by Gasteiger charge is -2.35. The van der Waals surface area contributed by atoms with Gasteiger partial charge in [-0.1, -0.05) is 13.0 Å². The lowest BCUT2D eigenvalue weighted by molar-refractivity contribution is -0.122. The van der Waals surface area contributed by atoms with Crippen molar-refractivity contribution in [2.24, 2.45) is 0 Å². The summed E-state index contributed by atoms with van der Waals surface area (Å²) in [6.07, 6.45) is 5.74. The predicted octanol–water partition coefficient (Wildman–Crippen LogP) is 3.75. The number of nitrogens with zero attached hydrogens (tertiary/aromatic N) is 4. The molecule has 1 N–H and O–H groups in total. The number of alkyl halides is 1. The van der Waals surface area contributed by atoms with E-state index in [4.69, 9.17) is 14.1 Å². The van der Waals surface area contributed by atoms with E-state index in [-0.39, 0.29) is 24.5 Å². The first-order valence-electron chi connectivity index (χ1n) is 13.0. The zero-order valence-corrected chi connectivity index (χ0v) is 21.2. The van der Waals surface area contributed by atoms with Gasteiger partial charge in [0.05, 0.1) is 6.10 Å². The highest BCUT2D eigenvalue weighted by atomic mass is 19.1. The van der Waals surface area contributed by atoms with Crippen molar-refractivity contribution < 1.29 is 18.3 Å². The second kappa shape index (κ2) is 11.5. The Hall–Kier alpha value is -2.55. The highest BCUT2D eigenvalue weighted by Crippen LogP contribution is 2.35. The van der Waals surface area contributed by atoms with E-state index in [1.165, 1.54) is 5.56 Å². The van der Waals surface area contributed by atoms with Crippen LogP contribution in [0.4, 0.5) is 4.39 Å². The number of rotatable bonds is 9. The maximum Gasteiger partial charge on any atom is 0.229 e. The molecule has 35 heavy (non-hydrogen) atoms. The highest BCUT2D eigenvalue weighted by Gasteiger charge is 2.36. The first kappa shape index (κ1) is 25.5. The van der Waals surface area contributed by atoms with E-state index < -0.39 is 5.67 Å². The lowest BCUT2D eigenvalue weighted by atomic mass is 9.81. The van der Waals surface area contributed by atoms with E-state index in [2.05, 4.69) is 40.3 Å². The van der Waals surface area contributed by atoms with Crippen LogP contribution in [0.25, 0.3) is 0 Å². The zero-order chi connectivity index (χ0) is 24.8. The maximum atomic E-state index is 15.6. The summed E-state index contributed by atoms with van der Waals surface area (Å²) in [6, 6.07) is 4.10. The van der Waals surface area contributed by atoms with Gasteiger partial charge in [0.1, 0.15) is 12.1 Å². The molecule has 1 amide bonds. The summed E-state index contributed by atoms with van der Waals surface area (Å²) in [4.78, 5) is 19.4. The molecule has 0 bridgehead atoms. The van der Waals surface area contributed by atoms with Crippen LogP contribution in [0.3, 0.4) is 0 Å². The predicted molar refractivity (Wildman–Crippen MR) is 130 cm³/mol. The summed E-state index contributed by atoms with van der Waals surface area (Å²) in [5.41, 5.74) is 1.21. The van der Waals surface area contributed by atoms with Crippen molar-refractivity contribution in [3.05, 3.63) is 35.2 Å². The minimum absolute atomic E-state index is 0.000921. The third kappa shape index (κ3) is 7.22. The molecule has 1 saturated carbocycles. The summed E-state index contributed by atoms with van der Waals surface area (Å²) in [7, 11) is 0. The van der Waals surface area contributed by atoms with Crippen LogP contribution in [0.1, 0.15) is 75.4 Å². The fourth-order valence-corrected chi connectivity index (χ4v) is 4.90. The summed E-state index contributed by atoms with van der Waals surface area (Å²) < 4.78 is 26.7. The second-order valence-electron chi connectivity index (χ2n) is 10.1. The van der Waals surface area contributed by atoms with Gasteiger partial charge in [-0.25, -0.2) is 9.37 Å². The Labute approximate surface area is 207 Å². The quantitative estimate of drug-likeness (QED) is 0.576. The largest absolute Gasteiger partial charge is 0.475 e. The van der Waals surface area contributed by atoms with Gasteiger partial charge in [-0.3, -0.25) is 4.79 Å². The SMILES string of the molecule is CC[C@@H](C)Oc1ccc2c(n1)CCN(CCC1(F)CCC(NC(=O)Cc3nnc(C)o3)CC1)CC2. The van der Waals surface area contributed by atoms with Gasteiger partial charge < -0.3 is 19.4 Å². The van der Waals surface area contributed by atoms with Crippen LogP contribution in [0.5, 0.6) is 5.88 Å². The molecule has 0 aromatic carbocycles. The molecule has 0 saturated heterocycles. The normalized spacial score (nSPS) is 23.8. The van der Waals surface area contributed by atoms with Crippen LogP contribution in [-0.2, 0) is 24.1 Å². The number of hydrogen-bond donors (Lipinski definition) is 1. The monoisotopic (exact) mass is 487 g/mol. The minimum Gasteiger partial charge on any atom is -0.475 e. The number of carbonyl (C=O) groups excluding carboxylic acids is 1. The Morgan fingerprint density at radius 2 is 2.06 bits per heavy atom. The van der Waals surface area contributed by atoms with Crippen LogP contribution >= 0.6 is 0 Å². The van der Waals surface area contributed by atoms with Crippen LogP contribution in [0.2, 0.25) is 0 Å². The number of carbonyl (C=O) groups is 1. The average molecular weight is 488 g/mol. The van der Waals surface area contributed by atoms with Crippen molar-refractivity contribution in [3.63, 3.8) is 0 Å². The molecular weight excluding hydrogens is 449 g/mol. The smallest absolute Gasteiger partial charge is 0.229 e. The molecule has 2 aliphatic rings. The van der Waals surface area contributed by atoms with Gasteiger partial charge in [-0.2, -0.15) is 0 Å². The number of aryl methyl sites for hydroxylation is 1. The number of aromatic nitrogens is 3. The standard InChI is InChI=1S/C26H38FN5O3/c1-4-18(2)34-24-6-5-20-9-14-32(15-10-22(20)29-24)16-13-26(27)11-7-21(8-12-26)28-23(33)17-25-31-30-19(3)35-25/h5-6,18,21H,4,7-17H2,1-3H3,(H,28,33)/t18-,21?,26?/m1/s1. The third-order valence-electron chi connectivity index (χ3n) is 7.30. The van der Waals surface area contributed by atoms with Gasteiger partial charge in [0.2, 0.25) is 23.6 Å². The average Bonchev–Trinajstić information content (AvgIpc) is 3.13. The molecule has 3 heterocycles. The Morgan fingerprint density at radius 3 is 2.77 bits per heavy atom.